The molecule has 26 heavy (non-hydrogen) atoms. The van der Waals surface area contributed by atoms with Gasteiger partial charge in [-0.3, -0.25) is 9.89 Å². The van der Waals surface area contributed by atoms with Crippen molar-refractivity contribution in [3.05, 3.63) is 35.4 Å². The predicted molar refractivity (Wildman–Crippen MR) is 112 cm³/mol. The first-order valence-electron chi connectivity index (χ1n) is 10.0. The van der Waals surface area contributed by atoms with E-state index in [2.05, 4.69) is 70.6 Å². The molecule has 146 valence electrons. The molecule has 1 aliphatic rings. The second kappa shape index (κ2) is 11.2. The van der Waals surface area contributed by atoms with Crippen molar-refractivity contribution in [1.82, 2.24) is 20.4 Å². The van der Waals surface area contributed by atoms with Crippen LogP contribution in [0.5, 0.6) is 0 Å². The van der Waals surface area contributed by atoms with E-state index < -0.39 is 0 Å². The lowest BCUT2D eigenvalue weighted by molar-refractivity contribution is 0.232. The van der Waals surface area contributed by atoms with Crippen LogP contribution < -0.4 is 10.6 Å². The molecule has 1 aromatic rings. The Bertz CT molecular complexity index is 549. The van der Waals surface area contributed by atoms with Crippen molar-refractivity contribution < 1.29 is 0 Å². The van der Waals surface area contributed by atoms with Crippen molar-refractivity contribution in [3.8, 4) is 0 Å². The van der Waals surface area contributed by atoms with E-state index in [1.54, 1.807) is 0 Å². The Labute approximate surface area is 159 Å². The Kier molecular flexibility index (Phi) is 8.92. The molecule has 0 amide bonds. The molecule has 0 radical (unpaired) electrons. The summed E-state index contributed by atoms with van der Waals surface area (Å²) in [5.41, 5.74) is 2.71. The van der Waals surface area contributed by atoms with Gasteiger partial charge in [-0.05, 0) is 58.0 Å². The van der Waals surface area contributed by atoms with Crippen LogP contribution in [0.25, 0.3) is 0 Å². The van der Waals surface area contributed by atoms with Gasteiger partial charge in [0.05, 0.1) is 0 Å². The topological polar surface area (TPSA) is 42.9 Å². The fraction of sp³-hybridized carbons (Fsp3) is 0.667. The summed E-state index contributed by atoms with van der Waals surface area (Å²) in [6.07, 6.45) is 4.07. The van der Waals surface area contributed by atoms with Gasteiger partial charge in [0.15, 0.2) is 5.96 Å². The molecule has 0 atom stereocenters. The third-order valence-corrected chi connectivity index (χ3v) is 5.26. The lowest BCUT2D eigenvalue weighted by atomic mass is 10.1. The van der Waals surface area contributed by atoms with Crippen LogP contribution in [0.1, 0.15) is 44.2 Å². The van der Waals surface area contributed by atoms with Gasteiger partial charge < -0.3 is 15.5 Å². The summed E-state index contributed by atoms with van der Waals surface area (Å²) >= 11 is 0. The number of rotatable bonds is 8. The van der Waals surface area contributed by atoms with Crippen LogP contribution in [0.3, 0.4) is 0 Å². The first kappa shape index (κ1) is 20.7. The molecule has 1 heterocycles. The first-order valence-corrected chi connectivity index (χ1v) is 10.0. The number of hydrogen-bond acceptors (Lipinski definition) is 3. The first-order chi connectivity index (χ1) is 12.6. The van der Waals surface area contributed by atoms with Gasteiger partial charge in [-0.25, -0.2) is 0 Å². The van der Waals surface area contributed by atoms with Gasteiger partial charge in [0, 0.05) is 39.3 Å². The zero-order chi connectivity index (χ0) is 18.8. The molecule has 0 aliphatic carbocycles. The molecule has 1 saturated heterocycles. The van der Waals surface area contributed by atoms with Crippen LogP contribution >= 0.6 is 0 Å². The average Bonchev–Trinajstić information content (AvgIpc) is 2.66. The van der Waals surface area contributed by atoms with Crippen molar-refractivity contribution in [2.75, 3.05) is 40.3 Å². The molecule has 1 aliphatic heterocycles. The lowest BCUT2D eigenvalue weighted by Crippen LogP contribution is -2.42. The highest BCUT2D eigenvalue weighted by molar-refractivity contribution is 5.79. The van der Waals surface area contributed by atoms with E-state index in [0.717, 1.165) is 32.1 Å². The fourth-order valence-corrected chi connectivity index (χ4v) is 3.25. The largest absolute Gasteiger partial charge is 0.355 e. The number of nitrogens with one attached hydrogen (secondary N) is 2. The maximum absolute atomic E-state index is 4.37. The minimum Gasteiger partial charge on any atom is -0.355 e. The molecule has 1 aromatic carbocycles. The van der Waals surface area contributed by atoms with Crippen molar-refractivity contribution in [1.29, 1.82) is 0 Å². The van der Waals surface area contributed by atoms with Crippen molar-refractivity contribution >= 4 is 5.96 Å². The number of hydrogen-bond donors (Lipinski definition) is 2. The maximum atomic E-state index is 4.37. The van der Waals surface area contributed by atoms with E-state index in [9.17, 15) is 0 Å². The Morgan fingerprint density at radius 3 is 2.46 bits per heavy atom. The SMILES string of the molecule is CN=C(NCCN1CCCCC1)NCc1ccccc1CN(C)C(C)C. The number of piperidine rings is 1. The number of aliphatic imine (C=N–C) groups is 1. The van der Waals surface area contributed by atoms with Crippen molar-refractivity contribution in [2.45, 2.75) is 52.2 Å². The highest BCUT2D eigenvalue weighted by atomic mass is 15.2. The van der Waals surface area contributed by atoms with Crippen molar-refractivity contribution in [3.63, 3.8) is 0 Å². The minimum atomic E-state index is 0.542. The maximum Gasteiger partial charge on any atom is 0.191 e. The van der Waals surface area contributed by atoms with Crippen LogP contribution in [0.15, 0.2) is 29.3 Å². The van der Waals surface area contributed by atoms with Crippen LogP contribution in [-0.4, -0.2) is 62.1 Å². The zero-order valence-corrected chi connectivity index (χ0v) is 17.1. The zero-order valence-electron chi connectivity index (χ0n) is 17.1. The molecule has 2 N–H and O–H groups in total. The van der Waals surface area contributed by atoms with E-state index in [-0.39, 0.29) is 0 Å². The molecule has 2 rings (SSSR count). The predicted octanol–water partition coefficient (Wildman–Crippen LogP) is 2.68. The van der Waals surface area contributed by atoms with E-state index >= 15 is 0 Å². The summed E-state index contributed by atoms with van der Waals surface area (Å²) in [4.78, 5) is 9.28. The molecule has 5 nitrogen and oxygen atoms in total. The van der Waals surface area contributed by atoms with Crippen LogP contribution in [0, 0.1) is 0 Å². The Hall–Kier alpha value is -1.59. The fourth-order valence-electron chi connectivity index (χ4n) is 3.25. The van der Waals surface area contributed by atoms with Gasteiger partial charge >= 0.3 is 0 Å². The molecule has 0 bridgehead atoms. The van der Waals surface area contributed by atoms with Crippen LogP contribution in [0.4, 0.5) is 0 Å². The van der Waals surface area contributed by atoms with Crippen LogP contribution in [0.2, 0.25) is 0 Å². The molecule has 0 unspecified atom stereocenters. The van der Waals surface area contributed by atoms with Gasteiger partial charge in [-0.1, -0.05) is 30.7 Å². The molecule has 0 spiro atoms. The second-order valence-corrected chi connectivity index (χ2v) is 7.53. The van der Waals surface area contributed by atoms with Crippen LogP contribution in [-0.2, 0) is 13.1 Å². The molecule has 0 saturated carbocycles. The highest BCUT2D eigenvalue weighted by Crippen LogP contribution is 2.12. The Morgan fingerprint density at radius 2 is 1.81 bits per heavy atom. The summed E-state index contributed by atoms with van der Waals surface area (Å²) in [6, 6.07) is 9.21. The van der Waals surface area contributed by atoms with Gasteiger partial charge in [0.1, 0.15) is 0 Å². The molecule has 0 aromatic heterocycles. The third-order valence-electron chi connectivity index (χ3n) is 5.26. The van der Waals surface area contributed by atoms with E-state index in [1.165, 1.54) is 43.5 Å². The van der Waals surface area contributed by atoms with Crippen molar-refractivity contribution in [2.24, 2.45) is 4.99 Å². The Balaban J connectivity index is 1.80. The highest BCUT2D eigenvalue weighted by Gasteiger charge is 2.10. The minimum absolute atomic E-state index is 0.542. The van der Waals surface area contributed by atoms with E-state index in [4.69, 9.17) is 0 Å². The summed E-state index contributed by atoms with van der Waals surface area (Å²) in [5.74, 6) is 0.883. The molecular weight excluding hydrogens is 322 g/mol. The number of benzene rings is 1. The molecule has 1 fully saturated rings. The average molecular weight is 360 g/mol. The number of guanidine groups is 1. The third kappa shape index (κ3) is 6.96. The molecule has 5 heteroatoms. The smallest absolute Gasteiger partial charge is 0.191 e. The number of likely N-dealkylation sites (tertiary alicyclic amines) is 1. The standard InChI is InChI=1S/C21H37N5/c1-18(2)25(4)17-20-11-7-6-10-19(20)16-24-21(22-3)23-12-15-26-13-8-5-9-14-26/h6-7,10-11,18H,5,8-9,12-17H2,1-4H3,(H2,22,23,24). The van der Waals surface area contributed by atoms with Gasteiger partial charge in [0.25, 0.3) is 0 Å². The van der Waals surface area contributed by atoms with Gasteiger partial charge in [-0.2, -0.15) is 0 Å². The monoisotopic (exact) mass is 359 g/mol. The lowest BCUT2D eigenvalue weighted by Gasteiger charge is -2.26. The quantitative estimate of drug-likeness (QED) is 0.553. The normalized spacial score (nSPS) is 16.3. The summed E-state index contributed by atoms with van der Waals surface area (Å²) < 4.78 is 0. The van der Waals surface area contributed by atoms with E-state index in [1.807, 2.05) is 7.05 Å². The van der Waals surface area contributed by atoms with Gasteiger partial charge in [0.2, 0.25) is 0 Å². The van der Waals surface area contributed by atoms with E-state index in [0.29, 0.717) is 6.04 Å². The van der Waals surface area contributed by atoms with Gasteiger partial charge in [-0.15, -0.1) is 0 Å². The summed E-state index contributed by atoms with van der Waals surface area (Å²) in [5, 5.41) is 6.92. The molecular formula is C21H37N5. The Morgan fingerprint density at radius 1 is 1.12 bits per heavy atom. The summed E-state index contributed by atoms with van der Waals surface area (Å²) in [7, 11) is 4.02. The number of nitrogens with zero attached hydrogens (tertiary/aromatic N) is 3. The second-order valence-electron chi connectivity index (χ2n) is 7.53. The summed E-state index contributed by atoms with van der Waals surface area (Å²) in [6.45, 7) is 10.7.